The number of H-pyrrole nitrogens is 1. The molecule has 0 atom stereocenters. The molecule has 0 aliphatic heterocycles. The predicted octanol–water partition coefficient (Wildman–Crippen LogP) is 4.11. The van der Waals surface area contributed by atoms with Crippen LogP contribution in [-0.4, -0.2) is 21.1 Å². The number of aryl methyl sites for hydroxylation is 1. The van der Waals surface area contributed by atoms with Crippen LogP contribution in [0.4, 0.5) is 5.13 Å². The maximum atomic E-state index is 12.3. The molecule has 3 rings (SSSR count). The number of hydrogen-bond donors (Lipinski definition) is 2. The number of halogens is 2. The van der Waals surface area contributed by atoms with E-state index in [1.165, 1.54) is 11.3 Å². The first kappa shape index (κ1) is 13.7. The third-order valence-corrected chi connectivity index (χ3v) is 5.31. The van der Waals surface area contributed by atoms with Crippen LogP contribution in [-0.2, 0) is 0 Å². The van der Waals surface area contributed by atoms with E-state index in [2.05, 4.69) is 52.4 Å². The summed E-state index contributed by atoms with van der Waals surface area (Å²) < 4.78 is 1.82. The minimum absolute atomic E-state index is 0.207. The van der Waals surface area contributed by atoms with Crippen molar-refractivity contribution < 1.29 is 4.79 Å². The fourth-order valence-corrected chi connectivity index (χ4v) is 3.09. The molecule has 0 bridgehead atoms. The van der Waals surface area contributed by atoms with Crippen molar-refractivity contribution in [1.29, 1.82) is 0 Å². The molecule has 8 heteroatoms. The van der Waals surface area contributed by atoms with E-state index in [-0.39, 0.29) is 5.91 Å². The highest BCUT2D eigenvalue weighted by atomic mass is 79.9. The summed E-state index contributed by atoms with van der Waals surface area (Å²) in [5.41, 5.74) is 1.46. The third kappa shape index (κ3) is 2.50. The Bertz CT molecular complexity index is 811. The van der Waals surface area contributed by atoms with Gasteiger partial charge >= 0.3 is 0 Å². The van der Waals surface area contributed by atoms with Crippen molar-refractivity contribution in [2.24, 2.45) is 0 Å². The lowest BCUT2D eigenvalue weighted by Crippen LogP contribution is -2.11. The number of nitrogens with one attached hydrogen (secondary N) is 2. The zero-order chi connectivity index (χ0) is 14.3. The topological polar surface area (TPSA) is 70.7 Å². The van der Waals surface area contributed by atoms with Crippen LogP contribution in [0, 0.1) is 6.92 Å². The molecule has 2 aromatic heterocycles. The molecule has 0 fully saturated rings. The molecule has 20 heavy (non-hydrogen) atoms. The molecule has 0 aliphatic rings. The molecule has 1 aromatic carbocycles. The van der Waals surface area contributed by atoms with Crippen LogP contribution in [0.2, 0.25) is 0 Å². The second kappa shape index (κ2) is 5.27. The Balaban J connectivity index is 1.97. The van der Waals surface area contributed by atoms with Gasteiger partial charge in [-0.1, -0.05) is 11.3 Å². The lowest BCUT2D eigenvalue weighted by atomic mass is 10.1. The van der Waals surface area contributed by atoms with E-state index in [0.717, 1.165) is 24.9 Å². The molecule has 102 valence electrons. The Kier molecular flexibility index (Phi) is 3.61. The van der Waals surface area contributed by atoms with E-state index >= 15 is 0 Å². The maximum Gasteiger partial charge on any atom is 0.259 e. The van der Waals surface area contributed by atoms with Crippen molar-refractivity contribution in [3.8, 4) is 0 Å². The number of amides is 1. The minimum Gasteiger partial charge on any atom is -0.360 e. The fourth-order valence-electron chi connectivity index (χ4n) is 1.82. The Morgan fingerprint density at radius 2 is 2.05 bits per heavy atom. The summed E-state index contributed by atoms with van der Waals surface area (Å²) in [5.74, 6) is -0.207. The molecular formula is C12H8Br2N4OS. The maximum absolute atomic E-state index is 12.3. The summed E-state index contributed by atoms with van der Waals surface area (Å²) in [6, 6.07) is 3.82. The van der Waals surface area contributed by atoms with Crippen molar-refractivity contribution in [2.45, 2.75) is 6.92 Å². The average molecular weight is 416 g/mol. The molecule has 1 amide bonds. The number of anilines is 1. The standard InChI is InChI=1S/C12H8Br2N4OS/c1-5-17-18-12(20-5)16-11(19)7-4-15-10-3-9(14)8(13)2-6(7)10/h2-4,15H,1H3,(H,16,18,19). The molecule has 0 saturated carbocycles. The molecule has 0 aliphatic carbocycles. The number of benzene rings is 1. The van der Waals surface area contributed by atoms with Crippen molar-refractivity contribution in [3.05, 3.63) is 37.8 Å². The number of nitrogens with zero attached hydrogens (tertiary/aromatic N) is 2. The largest absolute Gasteiger partial charge is 0.360 e. The van der Waals surface area contributed by atoms with Crippen molar-refractivity contribution in [1.82, 2.24) is 15.2 Å². The minimum atomic E-state index is -0.207. The van der Waals surface area contributed by atoms with E-state index in [4.69, 9.17) is 0 Å². The van der Waals surface area contributed by atoms with Gasteiger partial charge in [0, 0.05) is 26.0 Å². The van der Waals surface area contributed by atoms with Gasteiger partial charge in [-0.25, -0.2) is 0 Å². The SMILES string of the molecule is Cc1nnc(NC(=O)c2c[nH]c3cc(Br)c(Br)cc23)s1. The van der Waals surface area contributed by atoms with Gasteiger partial charge in [-0.2, -0.15) is 0 Å². The van der Waals surface area contributed by atoms with Gasteiger partial charge < -0.3 is 4.98 Å². The lowest BCUT2D eigenvalue weighted by Gasteiger charge is -2.01. The second-order valence-corrected chi connectivity index (χ2v) is 6.98. The van der Waals surface area contributed by atoms with E-state index in [9.17, 15) is 4.79 Å². The van der Waals surface area contributed by atoms with Gasteiger partial charge in [-0.15, -0.1) is 10.2 Å². The number of carbonyl (C=O) groups is 1. The van der Waals surface area contributed by atoms with Crippen molar-refractivity contribution in [3.63, 3.8) is 0 Å². The van der Waals surface area contributed by atoms with Crippen molar-refractivity contribution in [2.75, 3.05) is 5.32 Å². The normalized spacial score (nSPS) is 10.9. The zero-order valence-electron chi connectivity index (χ0n) is 10.2. The van der Waals surface area contributed by atoms with Gasteiger partial charge in [-0.3, -0.25) is 10.1 Å². The molecule has 2 heterocycles. The first-order valence-corrected chi connectivity index (χ1v) is 8.02. The number of aromatic nitrogens is 3. The first-order valence-electron chi connectivity index (χ1n) is 5.62. The summed E-state index contributed by atoms with van der Waals surface area (Å²) >= 11 is 8.22. The second-order valence-electron chi connectivity index (χ2n) is 4.09. The zero-order valence-corrected chi connectivity index (χ0v) is 14.2. The third-order valence-electron chi connectivity index (χ3n) is 2.71. The molecule has 0 radical (unpaired) electrons. The molecule has 0 unspecified atom stereocenters. The number of hydrogen-bond acceptors (Lipinski definition) is 4. The van der Waals surface area contributed by atoms with Crippen LogP contribution in [0.1, 0.15) is 15.4 Å². The van der Waals surface area contributed by atoms with Gasteiger partial charge in [-0.05, 0) is 50.9 Å². The summed E-state index contributed by atoms with van der Waals surface area (Å²) in [6.45, 7) is 1.84. The van der Waals surface area contributed by atoms with Crippen LogP contribution in [0.5, 0.6) is 0 Å². The van der Waals surface area contributed by atoms with Crippen LogP contribution in [0.3, 0.4) is 0 Å². The van der Waals surface area contributed by atoms with E-state index in [0.29, 0.717) is 10.7 Å². The highest BCUT2D eigenvalue weighted by Gasteiger charge is 2.15. The van der Waals surface area contributed by atoms with E-state index in [1.54, 1.807) is 6.20 Å². The Hall–Kier alpha value is -1.25. The Morgan fingerprint density at radius 3 is 2.75 bits per heavy atom. The lowest BCUT2D eigenvalue weighted by molar-refractivity contribution is 0.102. The average Bonchev–Trinajstić information content (AvgIpc) is 2.97. The van der Waals surface area contributed by atoms with E-state index in [1.807, 2.05) is 19.1 Å². The van der Waals surface area contributed by atoms with E-state index < -0.39 is 0 Å². The number of rotatable bonds is 2. The molecule has 2 N–H and O–H groups in total. The summed E-state index contributed by atoms with van der Waals surface area (Å²) in [4.78, 5) is 15.4. The fraction of sp³-hybridized carbons (Fsp3) is 0.0833. The number of aromatic amines is 1. The van der Waals surface area contributed by atoms with Crippen molar-refractivity contribution >= 4 is 65.1 Å². The smallest absolute Gasteiger partial charge is 0.259 e. The van der Waals surface area contributed by atoms with Crippen LogP contribution >= 0.6 is 43.2 Å². The molecule has 3 aromatic rings. The summed E-state index contributed by atoms with van der Waals surface area (Å²) in [5, 5.41) is 12.7. The molecular weight excluding hydrogens is 408 g/mol. The monoisotopic (exact) mass is 414 g/mol. The van der Waals surface area contributed by atoms with Gasteiger partial charge in [0.15, 0.2) is 0 Å². The molecule has 0 spiro atoms. The van der Waals surface area contributed by atoms with Gasteiger partial charge in [0.2, 0.25) is 5.13 Å². The number of carbonyl (C=O) groups excluding carboxylic acids is 1. The number of fused-ring (bicyclic) bond motifs is 1. The first-order chi connectivity index (χ1) is 9.54. The van der Waals surface area contributed by atoms with Gasteiger partial charge in [0.25, 0.3) is 5.91 Å². The van der Waals surface area contributed by atoms with Gasteiger partial charge in [0.1, 0.15) is 5.01 Å². The highest BCUT2D eigenvalue weighted by Crippen LogP contribution is 2.30. The van der Waals surface area contributed by atoms with Gasteiger partial charge in [0.05, 0.1) is 5.56 Å². The molecule has 0 saturated heterocycles. The summed E-state index contributed by atoms with van der Waals surface area (Å²) in [6.07, 6.45) is 1.69. The van der Waals surface area contributed by atoms with Crippen LogP contribution in [0.15, 0.2) is 27.3 Å². The molecule has 5 nitrogen and oxygen atoms in total. The van der Waals surface area contributed by atoms with Crippen LogP contribution in [0.25, 0.3) is 10.9 Å². The predicted molar refractivity (Wildman–Crippen MR) is 86.3 cm³/mol. The summed E-state index contributed by atoms with van der Waals surface area (Å²) in [7, 11) is 0. The Morgan fingerprint density at radius 1 is 1.30 bits per heavy atom. The quantitative estimate of drug-likeness (QED) is 0.661. The van der Waals surface area contributed by atoms with Crippen LogP contribution < -0.4 is 5.32 Å². The highest BCUT2D eigenvalue weighted by molar-refractivity contribution is 9.13. The Labute approximate surface area is 135 Å².